The van der Waals surface area contributed by atoms with E-state index in [1.165, 1.54) is 40.8 Å². The molecule has 2 heteroatoms. The molecule has 0 radical (unpaired) electrons. The van der Waals surface area contributed by atoms with E-state index in [-0.39, 0.29) is 0 Å². The second-order valence-electron chi connectivity index (χ2n) is 4.95. The summed E-state index contributed by atoms with van der Waals surface area (Å²) in [7, 11) is 0. The smallest absolute Gasteiger partial charge is 0.00787 e. The minimum Gasteiger partial charge on any atom is -0.330 e. The molecule has 0 saturated heterocycles. The van der Waals surface area contributed by atoms with E-state index in [0.29, 0.717) is 5.41 Å². The molecule has 1 aromatic carbocycles. The number of benzene rings is 1. The van der Waals surface area contributed by atoms with Gasteiger partial charge in [0, 0.05) is 16.9 Å². The van der Waals surface area contributed by atoms with Crippen LogP contribution in [0.5, 0.6) is 0 Å². The molecule has 0 aromatic heterocycles. The fourth-order valence-corrected chi connectivity index (χ4v) is 3.21. The fourth-order valence-electron chi connectivity index (χ4n) is 2.68. The van der Waals surface area contributed by atoms with Crippen LogP contribution in [0.3, 0.4) is 0 Å². The first-order valence-corrected chi connectivity index (χ1v) is 7.21. The Balaban J connectivity index is 2.50. The van der Waals surface area contributed by atoms with E-state index in [4.69, 9.17) is 5.73 Å². The highest BCUT2D eigenvalue weighted by Crippen LogP contribution is 2.45. The van der Waals surface area contributed by atoms with Crippen LogP contribution in [0.25, 0.3) is 0 Å². The lowest BCUT2D eigenvalue weighted by molar-refractivity contribution is 0.251. The standard InChI is InChI=1S/C14H21NS/c1-10-7-12(16-3)8-13(11(10)2)14(9-15)5-4-6-14/h7-8H,4-6,9,15H2,1-3H3. The maximum Gasteiger partial charge on any atom is 0.00787 e. The molecule has 0 bridgehead atoms. The van der Waals surface area contributed by atoms with Crippen LogP contribution in [0, 0.1) is 13.8 Å². The van der Waals surface area contributed by atoms with Crippen LogP contribution >= 0.6 is 11.8 Å². The van der Waals surface area contributed by atoms with E-state index >= 15 is 0 Å². The number of thioether (sulfide) groups is 1. The zero-order valence-corrected chi connectivity index (χ0v) is 11.3. The van der Waals surface area contributed by atoms with Gasteiger partial charge in [-0.1, -0.05) is 6.42 Å². The Morgan fingerprint density at radius 1 is 1.31 bits per heavy atom. The predicted octanol–water partition coefficient (Wildman–Crippen LogP) is 3.41. The van der Waals surface area contributed by atoms with Crippen LogP contribution < -0.4 is 5.73 Å². The molecule has 2 rings (SSSR count). The molecule has 1 aliphatic carbocycles. The van der Waals surface area contributed by atoms with Gasteiger partial charge in [-0.05, 0) is 61.8 Å². The van der Waals surface area contributed by atoms with E-state index in [1.807, 2.05) is 11.8 Å². The fraction of sp³-hybridized carbons (Fsp3) is 0.571. The lowest BCUT2D eigenvalue weighted by atomic mass is 9.63. The first-order chi connectivity index (χ1) is 7.63. The number of aryl methyl sites for hydroxylation is 1. The van der Waals surface area contributed by atoms with Gasteiger partial charge >= 0.3 is 0 Å². The molecule has 1 fully saturated rings. The highest BCUT2D eigenvalue weighted by atomic mass is 32.2. The second-order valence-corrected chi connectivity index (χ2v) is 5.83. The Kier molecular flexibility index (Phi) is 3.32. The highest BCUT2D eigenvalue weighted by Gasteiger charge is 2.38. The van der Waals surface area contributed by atoms with E-state index in [9.17, 15) is 0 Å². The van der Waals surface area contributed by atoms with Crippen molar-refractivity contribution >= 4 is 11.8 Å². The van der Waals surface area contributed by atoms with Crippen LogP contribution in [-0.2, 0) is 5.41 Å². The molecule has 16 heavy (non-hydrogen) atoms. The molecule has 2 N–H and O–H groups in total. The molecule has 0 atom stereocenters. The highest BCUT2D eigenvalue weighted by molar-refractivity contribution is 7.98. The van der Waals surface area contributed by atoms with Crippen LogP contribution in [0.15, 0.2) is 17.0 Å². The van der Waals surface area contributed by atoms with Crippen LogP contribution in [0.1, 0.15) is 36.0 Å². The minimum absolute atomic E-state index is 0.292. The van der Waals surface area contributed by atoms with Gasteiger partial charge in [-0.2, -0.15) is 0 Å². The lowest BCUT2D eigenvalue weighted by Gasteiger charge is -2.43. The van der Waals surface area contributed by atoms with Crippen molar-refractivity contribution in [3.8, 4) is 0 Å². The number of hydrogen-bond donors (Lipinski definition) is 1. The van der Waals surface area contributed by atoms with Crippen molar-refractivity contribution in [2.24, 2.45) is 5.73 Å². The topological polar surface area (TPSA) is 26.0 Å². The van der Waals surface area contributed by atoms with Crippen molar-refractivity contribution in [1.82, 2.24) is 0 Å². The van der Waals surface area contributed by atoms with Crippen molar-refractivity contribution in [3.63, 3.8) is 0 Å². The van der Waals surface area contributed by atoms with Crippen molar-refractivity contribution in [3.05, 3.63) is 28.8 Å². The van der Waals surface area contributed by atoms with E-state index < -0.39 is 0 Å². The monoisotopic (exact) mass is 235 g/mol. The minimum atomic E-state index is 0.292. The summed E-state index contributed by atoms with van der Waals surface area (Å²) in [5.74, 6) is 0. The Bertz CT molecular complexity index is 388. The maximum absolute atomic E-state index is 6.00. The SMILES string of the molecule is CSc1cc(C)c(C)c(C2(CN)CCC2)c1. The van der Waals surface area contributed by atoms with Crippen molar-refractivity contribution in [1.29, 1.82) is 0 Å². The zero-order valence-electron chi connectivity index (χ0n) is 10.5. The molecule has 1 nitrogen and oxygen atoms in total. The molecule has 0 aliphatic heterocycles. The van der Waals surface area contributed by atoms with Gasteiger partial charge < -0.3 is 5.73 Å². The van der Waals surface area contributed by atoms with Crippen LogP contribution in [0.2, 0.25) is 0 Å². The molecular formula is C14H21NS. The zero-order chi connectivity index (χ0) is 11.8. The Labute approximate surface area is 103 Å². The lowest BCUT2D eigenvalue weighted by Crippen LogP contribution is -2.42. The third-order valence-corrected chi connectivity index (χ3v) is 4.86. The molecule has 0 spiro atoms. The number of hydrogen-bond acceptors (Lipinski definition) is 2. The molecule has 0 heterocycles. The molecule has 0 unspecified atom stereocenters. The van der Waals surface area contributed by atoms with Gasteiger partial charge in [0.15, 0.2) is 0 Å². The van der Waals surface area contributed by atoms with Gasteiger partial charge in [0.1, 0.15) is 0 Å². The Hall–Kier alpha value is -0.470. The number of nitrogens with two attached hydrogens (primary N) is 1. The molecular weight excluding hydrogens is 214 g/mol. The van der Waals surface area contributed by atoms with Gasteiger partial charge in [0.05, 0.1) is 0 Å². The summed E-state index contributed by atoms with van der Waals surface area (Å²) in [4.78, 5) is 1.37. The summed E-state index contributed by atoms with van der Waals surface area (Å²) in [5, 5.41) is 0. The van der Waals surface area contributed by atoms with Gasteiger partial charge in [0.2, 0.25) is 0 Å². The van der Waals surface area contributed by atoms with Crippen molar-refractivity contribution in [2.75, 3.05) is 12.8 Å². The Morgan fingerprint density at radius 3 is 2.44 bits per heavy atom. The third-order valence-electron chi connectivity index (χ3n) is 4.15. The quantitative estimate of drug-likeness (QED) is 0.813. The third kappa shape index (κ3) is 1.78. The normalized spacial score (nSPS) is 18.2. The summed E-state index contributed by atoms with van der Waals surface area (Å²) >= 11 is 1.83. The second kappa shape index (κ2) is 4.42. The summed E-state index contributed by atoms with van der Waals surface area (Å²) in [6.07, 6.45) is 6.01. The molecule has 0 amide bonds. The van der Waals surface area contributed by atoms with Gasteiger partial charge in [0.25, 0.3) is 0 Å². The predicted molar refractivity (Wildman–Crippen MR) is 72.3 cm³/mol. The van der Waals surface area contributed by atoms with Crippen LogP contribution in [-0.4, -0.2) is 12.8 Å². The molecule has 88 valence electrons. The van der Waals surface area contributed by atoms with Crippen molar-refractivity contribution < 1.29 is 0 Å². The summed E-state index contributed by atoms with van der Waals surface area (Å²) in [6.45, 7) is 5.25. The average molecular weight is 235 g/mol. The van der Waals surface area contributed by atoms with E-state index in [1.54, 1.807) is 0 Å². The average Bonchev–Trinajstić information content (AvgIpc) is 2.23. The first-order valence-electron chi connectivity index (χ1n) is 5.99. The summed E-state index contributed by atoms with van der Waals surface area (Å²) < 4.78 is 0. The summed E-state index contributed by atoms with van der Waals surface area (Å²) in [6, 6.07) is 4.64. The van der Waals surface area contributed by atoms with Crippen molar-refractivity contribution in [2.45, 2.75) is 43.4 Å². The van der Waals surface area contributed by atoms with E-state index in [2.05, 4.69) is 32.2 Å². The summed E-state index contributed by atoms with van der Waals surface area (Å²) in [5.41, 5.74) is 10.7. The largest absolute Gasteiger partial charge is 0.330 e. The maximum atomic E-state index is 6.00. The molecule has 1 aromatic rings. The van der Waals surface area contributed by atoms with E-state index in [0.717, 1.165) is 6.54 Å². The first kappa shape index (κ1) is 12.0. The van der Waals surface area contributed by atoms with Gasteiger partial charge in [-0.15, -0.1) is 11.8 Å². The van der Waals surface area contributed by atoms with Gasteiger partial charge in [-0.25, -0.2) is 0 Å². The molecule has 1 saturated carbocycles. The number of rotatable bonds is 3. The van der Waals surface area contributed by atoms with Crippen LogP contribution in [0.4, 0.5) is 0 Å². The Morgan fingerprint density at radius 2 is 2.00 bits per heavy atom. The molecule has 1 aliphatic rings. The van der Waals surface area contributed by atoms with Gasteiger partial charge in [-0.3, -0.25) is 0 Å².